The summed E-state index contributed by atoms with van der Waals surface area (Å²) in [5.41, 5.74) is 5.21. The van der Waals surface area contributed by atoms with Gasteiger partial charge in [0, 0.05) is 24.2 Å². The first-order valence-corrected chi connectivity index (χ1v) is 24.3. The van der Waals surface area contributed by atoms with Gasteiger partial charge in [-0.1, -0.05) is 86.1 Å². The quantitative estimate of drug-likeness (QED) is 0.0412. The molecule has 2 aliphatic heterocycles. The van der Waals surface area contributed by atoms with Gasteiger partial charge in [0.2, 0.25) is 0 Å². The number of fused-ring (bicyclic) bond motifs is 2. The zero-order valence-corrected chi connectivity index (χ0v) is 39.0. The molecule has 0 bridgehead atoms. The molecule has 1 atom stereocenters. The number of ether oxygens (including phenoxy) is 2. The Hall–Kier alpha value is -5.44. The van der Waals surface area contributed by atoms with Gasteiger partial charge in [0.15, 0.2) is 0 Å². The molecule has 6 rings (SSSR count). The van der Waals surface area contributed by atoms with E-state index in [1.165, 1.54) is 49.7 Å². The summed E-state index contributed by atoms with van der Waals surface area (Å²) in [5, 5.41) is 21.6. The predicted octanol–water partition coefficient (Wildman–Crippen LogP) is 14.5. The van der Waals surface area contributed by atoms with Gasteiger partial charge < -0.3 is 28.5 Å². The smallest absolute Gasteiger partial charge is 0.142 e. The highest BCUT2D eigenvalue weighted by atomic mass is 16.5. The topological polar surface area (TPSA) is 91.7 Å². The molecule has 1 unspecified atom stereocenters. The number of hydrogen-bond donors (Lipinski definition) is 2. The van der Waals surface area contributed by atoms with Crippen LogP contribution < -0.4 is 9.47 Å². The third-order valence-corrected chi connectivity index (χ3v) is 12.4. The average Bonchev–Trinajstić information content (AvgIpc) is 4.04. The van der Waals surface area contributed by atoms with E-state index in [0.29, 0.717) is 50.5 Å². The lowest BCUT2D eigenvalue weighted by atomic mass is 9.91. The molecule has 2 N–H and O–H groups in total. The van der Waals surface area contributed by atoms with Crippen molar-refractivity contribution < 1.29 is 28.5 Å². The van der Waals surface area contributed by atoms with Gasteiger partial charge in [-0.3, -0.25) is 9.80 Å². The van der Waals surface area contributed by atoms with Gasteiger partial charge in [-0.25, -0.2) is 0 Å². The van der Waals surface area contributed by atoms with E-state index in [2.05, 4.69) is 83.2 Å². The average molecular weight is 883 g/mol. The Morgan fingerprint density at radius 2 is 1.25 bits per heavy atom. The van der Waals surface area contributed by atoms with Gasteiger partial charge in [-0.15, -0.1) is 6.58 Å². The largest absolute Gasteiger partial charge is 0.508 e. The first kappa shape index (κ1) is 49.0. The van der Waals surface area contributed by atoms with Gasteiger partial charge in [0.05, 0.1) is 31.2 Å². The van der Waals surface area contributed by atoms with E-state index in [9.17, 15) is 10.2 Å². The van der Waals surface area contributed by atoms with E-state index >= 15 is 0 Å². The highest BCUT2D eigenvalue weighted by Gasteiger charge is 2.25. The second kappa shape index (κ2) is 27.8. The molecule has 0 saturated carbocycles. The van der Waals surface area contributed by atoms with Crippen LogP contribution in [-0.4, -0.2) is 33.5 Å². The van der Waals surface area contributed by atoms with Crippen molar-refractivity contribution in [1.82, 2.24) is 9.80 Å². The van der Waals surface area contributed by atoms with Crippen LogP contribution in [0.5, 0.6) is 23.0 Å². The number of phenolic OH excluding ortho intramolecular Hbond substituents is 2. The molecule has 0 fully saturated rings. The van der Waals surface area contributed by atoms with Crippen LogP contribution in [0, 0.1) is 12.8 Å². The number of hydrogen-bond acceptors (Lipinski definition) is 8. The Balaban J connectivity index is 0.867. The summed E-state index contributed by atoms with van der Waals surface area (Å²) < 4.78 is 23.3. The summed E-state index contributed by atoms with van der Waals surface area (Å²) in [4.78, 5) is 4.38. The van der Waals surface area contributed by atoms with Crippen LogP contribution in [-0.2, 0) is 39.0 Å². The fourth-order valence-electron chi connectivity index (χ4n) is 8.79. The minimum absolute atomic E-state index is 0.321. The number of allylic oxidation sites excluding steroid dienone is 11. The molecule has 8 heteroatoms. The Bertz CT molecular complexity index is 2140. The molecule has 0 amide bonds. The van der Waals surface area contributed by atoms with E-state index in [0.717, 1.165) is 117 Å². The zero-order chi connectivity index (χ0) is 45.3. The molecule has 8 nitrogen and oxygen atoms in total. The van der Waals surface area contributed by atoms with Crippen molar-refractivity contribution in [2.24, 2.45) is 5.92 Å². The fourth-order valence-corrected chi connectivity index (χ4v) is 8.79. The molecule has 4 aromatic rings. The maximum absolute atomic E-state index is 10.8. The summed E-state index contributed by atoms with van der Waals surface area (Å²) >= 11 is 0. The van der Waals surface area contributed by atoms with Crippen LogP contribution >= 0.6 is 0 Å². The van der Waals surface area contributed by atoms with E-state index < -0.39 is 0 Å². The molecule has 0 radical (unpaired) electrons. The van der Waals surface area contributed by atoms with Crippen LogP contribution in [0.3, 0.4) is 0 Å². The van der Waals surface area contributed by atoms with E-state index in [1.54, 1.807) is 12.5 Å². The Kier molecular flexibility index (Phi) is 20.9. The molecule has 4 heterocycles. The summed E-state index contributed by atoms with van der Waals surface area (Å²) in [5.74, 6) is 4.65. The molecular formula is C57H74N2O6. The van der Waals surface area contributed by atoms with Crippen LogP contribution in [0.15, 0.2) is 137 Å². The van der Waals surface area contributed by atoms with Gasteiger partial charge in [-0.2, -0.15) is 0 Å². The van der Waals surface area contributed by atoms with Crippen molar-refractivity contribution in [3.05, 3.63) is 168 Å². The van der Waals surface area contributed by atoms with Gasteiger partial charge in [-0.05, 0) is 156 Å². The molecule has 2 aromatic carbocycles. The Labute approximate surface area is 389 Å². The maximum Gasteiger partial charge on any atom is 0.142 e. The highest BCUT2D eigenvalue weighted by molar-refractivity contribution is 5.54. The molecule has 65 heavy (non-hydrogen) atoms. The number of unbranched alkanes of at least 4 members (excludes halogenated alkanes) is 6. The normalized spacial score (nSPS) is 15.1. The van der Waals surface area contributed by atoms with Crippen molar-refractivity contribution >= 4 is 0 Å². The first-order chi connectivity index (χ1) is 32.0. The van der Waals surface area contributed by atoms with E-state index in [1.807, 2.05) is 49.4 Å². The molecule has 0 saturated heterocycles. The number of aromatic hydroxyl groups is 2. The second-order valence-corrected chi connectivity index (χ2v) is 17.7. The van der Waals surface area contributed by atoms with Gasteiger partial charge in [0.25, 0.3) is 0 Å². The van der Waals surface area contributed by atoms with Gasteiger partial charge >= 0.3 is 0 Å². The minimum Gasteiger partial charge on any atom is -0.508 e. The maximum atomic E-state index is 10.8. The first-order valence-electron chi connectivity index (χ1n) is 24.3. The fraction of sp³-hybridized carbons (Fsp3) is 0.439. The minimum atomic E-state index is 0.321. The molecule has 2 aliphatic rings. The van der Waals surface area contributed by atoms with E-state index in [4.69, 9.17) is 18.3 Å². The zero-order valence-electron chi connectivity index (χ0n) is 39.0. The molecule has 0 aliphatic carbocycles. The van der Waals surface area contributed by atoms with Crippen LogP contribution in [0.2, 0.25) is 0 Å². The van der Waals surface area contributed by atoms with Crippen molar-refractivity contribution in [1.29, 1.82) is 0 Å². The number of furan rings is 2. The molecule has 2 aromatic heterocycles. The number of phenols is 2. The van der Waals surface area contributed by atoms with Gasteiger partial charge in [0.1, 0.15) is 48.0 Å². The van der Waals surface area contributed by atoms with Crippen molar-refractivity contribution in [3.8, 4) is 23.0 Å². The third-order valence-electron chi connectivity index (χ3n) is 12.4. The summed E-state index contributed by atoms with van der Waals surface area (Å²) in [6.45, 7) is 9.50. The standard InChI is InChI=1S/C57H74N2O6/c1-3-4-5-6-7-13-16-19-22-28-47(31-25-32-49-39-54(60)46(2)57-52(49)42-58(45-65-57)40-50-33-26-35-62-50)29-23-20-17-14-11-9-8-10-12-15-18-21-24-30-48-37-55(61)53-43-59(44-64-56(53)38-48)41-51-34-27-36-63-51/h3,5-6,8-9,13-14,16-17,23,26-27,29,33-39,47,60-61H,1,4,7,10-12,15,18-22,24-25,28,30-32,40-45H2,2H3/b6-5-,9-8-,16-13-,17-14-,29-23+. The number of rotatable bonds is 29. The molecule has 348 valence electrons. The monoisotopic (exact) mass is 883 g/mol. The highest BCUT2D eigenvalue weighted by Crippen LogP contribution is 2.39. The second-order valence-electron chi connectivity index (χ2n) is 17.7. The molecular weight excluding hydrogens is 809 g/mol. The predicted molar refractivity (Wildman–Crippen MR) is 264 cm³/mol. The summed E-state index contributed by atoms with van der Waals surface area (Å²) in [7, 11) is 0. The van der Waals surface area contributed by atoms with Crippen molar-refractivity contribution in [2.75, 3.05) is 13.5 Å². The lowest BCUT2D eigenvalue weighted by Crippen LogP contribution is -2.32. The van der Waals surface area contributed by atoms with Crippen molar-refractivity contribution in [3.63, 3.8) is 0 Å². The SMILES string of the molecule is C=CC/C=C\C/C=C\CCCC(/C=C/C/C=C\C/C=C\CCCCCCCc1cc(O)c2c(c1)OCN(Cc1ccco1)C2)CCCc1cc(O)c(C)c2c1CN(Cc1ccco1)CO2. The van der Waals surface area contributed by atoms with Crippen molar-refractivity contribution in [2.45, 2.75) is 142 Å². The number of nitrogens with zero attached hydrogens (tertiary/aromatic N) is 2. The summed E-state index contributed by atoms with van der Waals surface area (Å²) in [6.07, 6.45) is 46.8. The van der Waals surface area contributed by atoms with Crippen LogP contribution in [0.25, 0.3) is 0 Å². The molecule has 0 spiro atoms. The lowest BCUT2D eigenvalue weighted by molar-refractivity contribution is 0.0806. The summed E-state index contributed by atoms with van der Waals surface area (Å²) in [6, 6.07) is 13.8. The lowest BCUT2D eigenvalue weighted by Gasteiger charge is -2.31. The Morgan fingerprint density at radius 1 is 0.631 bits per heavy atom. The number of benzene rings is 2. The van der Waals surface area contributed by atoms with Crippen LogP contribution in [0.1, 0.15) is 136 Å². The van der Waals surface area contributed by atoms with Crippen LogP contribution in [0.4, 0.5) is 0 Å². The third kappa shape index (κ3) is 16.8. The number of aryl methyl sites for hydroxylation is 2. The van der Waals surface area contributed by atoms with E-state index in [-0.39, 0.29) is 0 Å². The Morgan fingerprint density at radius 3 is 1.95 bits per heavy atom.